The zero-order chi connectivity index (χ0) is 12.2. The number of ether oxygens (including phenoxy) is 1. The molecular weight excluding hydrogens is 242 g/mol. The fraction of sp³-hybridized carbons (Fsp3) is 0.0667. The standard InChI is InChI=1S/C15H11NOS/c1(3-14-4-2-10-18-14)9-17-13-5-6-15-12(11-13)7-8-16-15/h2,4-8,10-11,16H,9H2. The number of thiophene rings is 1. The summed E-state index contributed by atoms with van der Waals surface area (Å²) in [6.45, 7) is 0.411. The SMILES string of the molecule is C(#Cc1cccs1)COc1ccc2[nH]ccc2c1. The number of benzene rings is 1. The lowest BCUT2D eigenvalue weighted by Crippen LogP contribution is -1.93. The number of hydrogen-bond acceptors (Lipinski definition) is 2. The molecular formula is C15H11NOS. The van der Waals surface area contributed by atoms with E-state index in [0.717, 1.165) is 21.5 Å². The Balaban J connectivity index is 1.66. The molecule has 0 saturated carbocycles. The highest BCUT2D eigenvalue weighted by Crippen LogP contribution is 2.19. The van der Waals surface area contributed by atoms with E-state index in [1.165, 1.54) is 0 Å². The average Bonchev–Trinajstić information content (AvgIpc) is 3.05. The van der Waals surface area contributed by atoms with Gasteiger partial charge in [-0.25, -0.2) is 0 Å². The fourth-order valence-corrected chi connectivity index (χ4v) is 2.31. The van der Waals surface area contributed by atoms with Gasteiger partial charge in [-0.05, 0) is 35.7 Å². The number of aromatic amines is 1. The highest BCUT2D eigenvalue weighted by atomic mass is 32.1. The molecule has 1 N–H and O–H groups in total. The molecule has 2 nitrogen and oxygen atoms in total. The molecule has 2 aromatic heterocycles. The number of fused-ring (bicyclic) bond motifs is 1. The summed E-state index contributed by atoms with van der Waals surface area (Å²) in [5, 5.41) is 3.17. The quantitative estimate of drug-likeness (QED) is 0.693. The van der Waals surface area contributed by atoms with Crippen LogP contribution in [0.4, 0.5) is 0 Å². The van der Waals surface area contributed by atoms with Crippen LogP contribution in [0.1, 0.15) is 4.88 Å². The topological polar surface area (TPSA) is 25.0 Å². The molecule has 3 aromatic rings. The Hall–Kier alpha value is -2.18. The van der Waals surface area contributed by atoms with Crippen LogP contribution in [0.3, 0.4) is 0 Å². The van der Waals surface area contributed by atoms with Gasteiger partial charge in [0.05, 0.1) is 4.88 Å². The van der Waals surface area contributed by atoms with Crippen LogP contribution >= 0.6 is 11.3 Å². The first-order chi connectivity index (χ1) is 8.92. The smallest absolute Gasteiger partial charge is 0.149 e. The van der Waals surface area contributed by atoms with Crippen molar-refractivity contribution in [3.63, 3.8) is 0 Å². The van der Waals surface area contributed by atoms with Crippen LogP contribution in [0, 0.1) is 11.8 Å². The van der Waals surface area contributed by atoms with Crippen molar-refractivity contribution in [1.82, 2.24) is 4.98 Å². The molecule has 0 amide bonds. The van der Waals surface area contributed by atoms with E-state index in [0.29, 0.717) is 6.61 Å². The minimum absolute atomic E-state index is 0.411. The molecule has 0 aliphatic heterocycles. The van der Waals surface area contributed by atoms with Gasteiger partial charge in [-0.1, -0.05) is 17.9 Å². The summed E-state index contributed by atoms with van der Waals surface area (Å²) in [4.78, 5) is 4.22. The van der Waals surface area contributed by atoms with E-state index in [2.05, 4.69) is 16.8 Å². The van der Waals surface area contributed by atoms with Gasteiger partial charge in [0.2, 0.25) is 0 Å². The van der Waals surface area contributed by atoms with Crippen LogP contribution in [0.25, 0.3) is 10.9 Å². The third-order valence-electron chi connectivity index (χ3n) is 2.57. The molecule has 3 heteroatoms. The summed E-state index contributed by atoms with van der Waals surface area (Å²) in [7, 11) is 0. The molecule has 0 unspecified atom stereocenters. The summed E-state index contributed by atoms with van der Waals surface area (Å²) >= 11 is 1.64. The summed E-state index contributed by atoms with van der Waals surface area (Å²) in [5.74, 6) is 6.92. The lowest BCUT2D eigenvalue weighted by atomic mass is 10.2. The first-order valence-corrected chi connectivity index (χ1v) is 6.52. The van der Waals surface area contributed by atoms with E-state index in [-0.39, 0.29) is 0 Å². The molecule has 88 valence electrons. The third kappa shape index (κ3) is 2.39. The van der Waals surface area contributed by atoms with E-state index in [1.54, 1.807) is 11.3 Å². The van der Waals surface area contributed by atoms with Crippen LogP contribution < -0.4 is 4.74 Å². The van der Waals surface area contributed by atoms with Crippen LogP contribution in [-0.2, 0) is 0 Å². The third-order valence-corrected chi connectivity index (χ3v) is 3.35. The van der Waals surface area contributed by atoms with Gasteiger partial charge in [-0.2, -0.15) is 0 Å². The van der Waals surface area contributed by atoms with Gasteiger partial charge in [-0.15, -0.1) is 11.3 Å². The predicted molar refractivity (Wildman–Crippen MR) is 75.0 cm³/mol. The number of hydrogen-bond donors (Lipinski definition) is 1. The number of nitrogens with one attached hydrogen (secondary N) is 1. The first kappa shape index (κ1) is 10.9. The molecule has 2 heterocycles. The van der Waals surface area contributed by atoms with Crippen LogP contribution in [-0.4, -0.2) is 11.6 Å². The monoisotopic (exact) mass is 253 g/mol. The Kier molecular flexibility index (Phi) is 3.03. The average molecular weight is 253 g/mol. The van der Waals surface area contributed by atoms with Crippen molar-refractivity contribution < 1.29 is 4.74 Å². The zero-order valence-corrected chi connectivity index (χ0v) is 10.5. The minimum atomic E-state index is 0.411. The second kappa shape index (κ2) is 4.99. The maximum Gasteiger partial charge on any atom is 0.149 e. The van der Waals surface area contributed by atoms with Crippen molar-refractivity contribution in [3.05, 3.63) is 52.9 Å². The van der Waals surface area contributed by atoms with E-state index in [4.69, 9.17) is 4.74 Å². The molecule has 0 atom stereocenters. The molecule has 0 spiro atoms. The van der Waals surface area contributed by atoms with Gasteiger partial charge < -0.3 is 9.72 Å². The van der Waals surface area contributed by atoms with E-state index < -0.39 is 0 Å². The lowest BCUT2D eigenvalue weighted by Gasteiger charge is -2.01. The second-order valence-corrected chi connectivity index (χ2v) is 4.74. The zero-order valence-electron chi connectivity index (χ0n) is 9.64. The molecule has 0 saturated heterocycles. The van der Waals surface area contributed by atoms with Gasteiger partial charge in [0.1, 0.15) is 12.4 Å². The van der Waals surface area contributed by atoms with Crippen molar-refractivity contribution in [2.24, 2.45) is 0 Å². The summed E-state index contributed by atoms with van der Waals surface area (Å²) in [6.07, 6.45) is 1.92. The highest BCUT2D eigenvalue weighted by molar-refractivity contribution is 7.10. The molecule has 1 aromatic carbocycles. The van der Waals surface area contributed by atoms with Gasteiger partial charge in [0, 0.05) is 17.1 Å². The molecule has 0 aliphatic rings. The Morgan fingerprint density at radius 2 is 2.22 bits per heavy atom. The van der Waals surface area contributed by atoms with Gasteiger partial charge in [0.25, 0.3) is 0 Å². The van der Waals surface area contributed by atoms with Gasteiger partial charge in [0.15, 0.2) is 0 Å². The van der Waals surface area contributed by atoms with Crippen molar-refractivity contribution in [2.75, 3.05) is 6.61 Å². The number of aromatic nitrogens is 1. The molecule has 18 heavy (non-hydrogen) atoms. The van der Waals surface area contributed by atoms with Crippen LogP contribution in [0.15, 0.2) is 48.0 Å². The molecule has 0 bridgehead atoms. The Morgan fingerprint density at radius 3 is 3.11 bits per heavy atom. The summed E-state index contributed by atoms with van der Waals surface area (Å²) < 4.78 is 5.60. The fourth-order valence-electron chi connectivity index (χ4n) is 1.71. The van der Waals surface area contributed by atoms with E-state index >= 15 is 0 Å². The first-order valence-electron chi connectivity index (χ1n) is 5.64. The van der Waals surface area contributed by atoms with Gasteiger partial charge in [-0.3, -0.25) is 0 Å². The predicted octanol–water partition coefficient (Wildman–Crippen LogP) is 3.66. The van der Waals surface area contributed by atoms with Crippen molar-refractivity contribution in [3.8, 4) is 17.6 Å². The normalized spacial score (nSPS) is 10.0. The maximum absolute atomic E-state index is 5.60. The summed E-state index contributed by atoms with van der Waals surface area (Å²) in [5.41, 5.74) is 1.12. The molecule has 0 aliphatic carbocycles. The van der Waals surface area contributed by atoms with Crippen molar-refractivity contribution in [2.45, 2.75) is 0 Å². The number of rotatable bonds is 2. The Bertz CT molecular complexity index is 701. The van der Waals surface area contributed by atoms with E-state index in [9.17, 15) is 0 Å². The van der Waals surface area contributed by atoms with Crippen molar-refractivity contribution >= 4 is 22.2 Å². The highest BCUT2D eigenvalue weighted by Gasteiger charge is 1.96. The summed E-state index contributed by atoms with van der Waals surface area (Å²) in [6, 6.07) is 12.0. The minimum Gasteiger partial charge on any atom is -0.481 e. The molecule has 0 radical (unpaired) electrons. The lowest BCUT2D eigenvalue weighted by molar-refractivity contribution is 0.371. The van der Waals surface area contributed by atoms with Crippen LogP contribution in [0.2, 0.25) is 0 Å². The van der Waals surface area contributed by atoms with Crippen LogP contribution in [0.5, 0.6) is 5.75 Å². The maximum atomic E-state index is 5.60. The van der Waals surface area contributed by atoms with Crippen molar-refractivity contribution in [1.29, 1.82) is 0 Å². The molecule has 0 fully saturated rings. The van der Waals surface area contributed by atoms with E-state index in [1.807, 2.05) is 48.0 Å². The number of H-pyrrole nitrogens is 1. The Labute approximate surface area is 109 Å². The largest absolute Gasteiger partial charge is 0.481 e. The Morgan fingerprint density at radius 1 is 1.22 bits per heavy atom. The van der Waals surface area contributed by atoms with Gasteiger partial charge >= 0.3 is 0 Å². The molecule has 3 rings (SSSR count). The second-order valence-electron chi connectivity index (χ2n) is 3.79.